The van der Waals surface area contributed by atoms with Crippen molar-refractivity contribution in [1.82, 2.24) is 5.32 Å². The van der Waals surface area contributed by atoms with Crippen LogP contribution in [0.15, 0.2) is 18.2 Å². The van der Waals surface area contributed by atoms with Crippen molar-refractivity contribution < 1.29 is 14.3 Å². The van der Waals surface area contributed by atoms with Crippen molar-refractivity contribution in [2.45, 2.75) is 39.3 Å². The summed E-state index contributed by atoms with van der Waals surface area (Å²) >= 11 is 11.7. The van der Waals surface area contributed by atoms with Crippen LogP contribution in [0.25, 0.3) is 0 Å². The molecule has 0 radical (unpaired) electrons. The van der Waals surface area contributed by atoms with Crippen LogP contribution in [0, 0.1) is 0 Å². The molecule has 0 aliphatic carbocycles. The molecular formula is C14H17Cl2NO3. The molecule has 1 atom stereocenters. The number of hydrogen-bond acceptors (Lipinski definition) is 3. The molecule has 0 saturated heterocycles. The molecule has 4 nitrogen and oxygen atoms in total. The van der Waals surface area contributed by atoms with Gasteiger partial charge in [-0.15, -0.1) is 0 Å². The van der Waals surface area contributed by atoms with Gasteiger partial charge in [-0.25, -0.2) is 4.79 Å². The van der Waals surface area contributed by atoms with E-state index in [1.54, 1.807) is 33.8 Å². The minimum Gasteiger partial charge on any atom is -0.444 e. The molecule has 0 aromatic heterocycles. The number of benzene rings is 1. The van der Waals surface area contributed by atoms with Gasteiger partial charge in [-0.05, 0) is 45.9 Å². The summed E-state index contributed by atoms with van der Waals surface area (Å²) in [5.41, 5.74) is -0.315. The molecule has 1 rings (SSSR count). The Bertz CT molecular complexity index is 524. The fraction of sp³-hybridized carbons (Fsp3) is 0.429. The third-order valence-electron chi connectivity index (χ3n) is 2.32. The maximum absolute atomic E-state index is 12.2. The molecule has 1 amide bonds. The van der Waals surface area contributed by atoms with E-state index in [1.165, 1.54) is 12.1 Å². The fourth-order valence-corrected chi connectivity index (χ4v) is 1.97. The summed E-state index contributed by atoms with van der Waals surface area (Å²) < 4.78 is 5.09. The topological polar surface area (TPSA) is 55.4 Å². The minimum atomic E-state index is -0.747. The zero-order valence-electron chi connectivity index (χ0n) is 11.8. The van der Waals surface area contributed by atoms with Crippen LogP contribution in [0.1, 0.15) is 38.1 Å². The first-order valence-electron chi connectivity index (χ1n) is 6.09. The van der Waals surface area contributed by atoms with E-state index in [9.17, 15) is 9.59 Å². The molecule has 1 aromatic carbocycles. The average Bonchev–Trinajstić information content (AvgIpc) is 2.25. The molecule has 1 aromatic rings. The SMILES string of the molecule is CC(NC(=O)OC(C)(C)C)C(=O)c1ccc(Cl)cc1Cl. The molecule has 0 bridgehead atoms. The van der Waals surface area contributed by atoms with Gasteiger partial charge in [0.2, 0.25) is 0 Å². The lowest BCUT2D eigenvalue weighted by molar-refractivity contribution is 0.0497. The Kier molecular flexibility index (Phi) is 5.42. The van der Waals surface area contributed by atoms with Gasteiger partial charge in [0.05, 0.1) is 11.1 Å². The highest BCUT2D eigenvalue weighted by atomic mass is 35.5. The molecule has 0 heterocycles. The van der Waals surface area contributed by atoms with E-state index in [0.717, 1.165) is 0 Å². The van der Waals surface area contributed by atoms with Crippen LogP contribution in [0.2, 0.25) is 10.0 Å². The quantitative estimate of drug-likeness (QED) is 0.854. The standard InChI is InChI=1S/C14H17Cl2NO3/c1-8(17-13(19)20-14(2,3)4)12(18)10-6-5-9(15)7-11(10)16/h5-8H,1-4H3,(H,17,19). The maximum Gasteiger partial charge on any atom is 0.408 e. The van der Waals surface area contributed by atoms with E-state index in [-0.39, 0.29) is 10.8 Å². The first-order valence-corrected chi connectivity index (χ1v) is 6.84. The summed E-state index contributed by atoms with van der Waals surface area (Å²) in [7, 11) is 0. The first kappa shape index (κ1) is 16.8. The van der Waals surface area contributed by atoms with Crippen molar-refractivity contribution in [3.05, 3.63) is 33.8 Å². The number of amides is 1. The lowest BCUT2D eigenvalue weighted by atomic mass is 10.1. The van der Waals surface area contributed by atoms with Gasteiger partial charge in [0.1, 0.15) is 5.60 Å². The van der Waals surface area contributed by atoms with E-state index in [2.05, 4.69) is 5.32 Å². The van der Waals surface area contributed by atoms with Gasteiger partial charge in [-0.1, -0.05) is 23.2 Å². The largest absolute Gasteiger partial charge is 0.444 e. The minimum absolute atomic E-state index is 0.250. The number of ether oxygens (including phenoxy) is 1. The van der Waals surface area contributed by atoms with E-state index in [0.29, 0.717) is 10.6 Å². The van der Waals surface area contributed by atoms with Gasteiger partial charge in [0, 0.05) is 10.6 Å². The van der Waals surface area contributed by atoms with Gasteiger partial charge in [-0.3, -0.25) is 4.79 Å². The number of alkyl carbamates (subject to hydrolysis) is 1. The summed E-state index contributed by atoms with van der Waals surface area (Å²) in [5.74, 6) is -0.308. The number of nitrogens with one attached hydrogen (secondary N) is 1. The molecule has 0 aliphatic rings. The monoisotopic (exact) mass is 317 g/mol. The van der Waals surface area contributed by atoms with Crippen molar-refractivity contribution in [1.29, 1.82) is 0 Å². The van der Waals surface area contributed by atoms with Crippen LogP contribution in [0.4, 0.5) is 4.79 Å². The fourth-order valence-electron chi connectivity index (χ4n) is 1.47. The van der Waals surface area contributed by atoms with E-state index >= 15 is 0 Å². The predicted molar refractivity (Wildman–Crippen MR) is 79.6 cm³/mol. The van der Waals surface area contributed by atoms with Gasteiger partial charge in [-0.2, -0.15) is 0 Å². The Morgan fingerprint density at radius 1 is 1.25 bits per heavy atom. The average molecular weight is 318 g/mol. The number of carbonyl (C=O) groups excluding carboxylic acids is 2. The van der Waals surface area contributed by atoms with Crippen LogP contribution in [0.5, 0.6) is 0 Å². The van der Waals surface area contributed by atoms with Crippen LogP contribution in [-0.2, 0) is 4.74 Å². The Labute approximate surface area is 128 Å². The zero-order valence-corrected chi connectivity index (χ0v) is 13.3. The van der Waals surface area contributed by atoms with Crippen molar-refractivity contribution in [2.24, 2.45) is 0 Å². The summed E-state index contributed by atoms with van der Waals surface area (Å²) in [6.45, 7) is 6.80. The molecule has 110 valence electrons. The second kappa shape index (κ2) is 6.46. The van der Waals surface area contributed by atoms with Crippen molar-refractivity contribution in [2.75, 3.05) is 0 Å². The molecule has 1 unspecified atom stereocenters. The lowest BCUT2D eigenvalue weighted by Crippen LogP contribution is -2.41. The second-order valence-corrected chi connectivity index (χ2v) is 6.20. The Balaban J connectivity index is 2.75. The van der Waals surface area contributed by atoms with E-state index in [1.807, 2.05) is 0 Å². The molecule has 0 fully saturated rings. The zero-order chi connectivity index (χ0) is 15.5. The molecule has 20 heavy (non-hydrogen) atoms. The molecule has 1 N–H and O–H groups in total. The number of carbonyl (C=O) groups is 2. The number of hydrogen-bond donors (Lipinski definition) is 1. The molecular weight excluding hydrogens is 301 g/mol. The summed E-state index contributed by atoms with van der Waals surface area (Å²) in [5, 5.41) is 3.17. The maximum atomic E-state index is 12.2. The van der Waals surface area contributed by atoms with E-state index in [4.69, 9.17) is 27.9 Å². The van der Waals surface area contributed by atoms with Crippen molar-refractivity contribution >= 4 is 35.1 Å². The van der Waals surface area contributed by atoms with E-state index < -0.39 is 17.7 Å². The van der Waals surface area contributed by atoms with Gasteiger partial charge in [0.25, 0.3) is 0 Å². The lowest BCUT2D eigenvalue weighted by Gasteiger charge is -2.21. The third-order valence-corrected chi connectivity index (χ3v) is 2.87. The molecule has 0 aliphatic heterocycles. The number of Topliss-reactive ketones (excluding diaryl/α,β-unsaturated/α-hetero) is 1. The highest BCUT2D eigenvalue weighted by Crippen LogP contribution is 2.22. The van der Waals surface area contributed by atoms with Crippen LogP contribution >= 0.6 is 23.2 Å². The Morgan fingerprint density at radius 2 is 1.85 bits per heavy atom. The smallest absolute Gasteiger partial charge is 0.408 e. The number of halogens is 2. The molecule has 0 saturated carbocycles. The number of rotatable bonds is 3. The summed E-state index contributed by atoms with van der Waals surface area (Å²) in [6.07, 6.45) is -0.650. The predicted octanol–water partition coefficient (Wildman–Crippen LogP) is 4.09. The molecule has 0 spiro atoms. The molecule has 6 heteroatoms. The van der Waals surface area contributed by atoms with Crippen LogP contribution < -0.4 is 5.32 Å². The van der Waals surface area contributed by atoms with Gasteiger partial charge >= 0.3 is 6.09 Å². The van der Waals surface area contributed by atoms with Crippen molar-refractivity contribution in [3.8, 4) is 0 Å². The highest BCUT2D eigenvalue weighted by molar-refractivity contribution is 6.37. The second-order valence-electron chi connectivity index (χ2n) is 5.36. The Morgan fingerprint density at radius 3 is 2.35 bits per heavy atom. The highest BCUT2D eigenvalue weighted by Gasteiger charge is 2.23. The van der Waals surface area contributed by atoms with Gasteiger partial charge < -0.3 is 10.1 Å². The summed E-state index contributed by atoms with van der Waals surface area (Å²) in [4.78, 5) is 23.8. The van der Waals surface area contributed by atoms with Crippen LogP contribution in [-0.4, -0.2) is 23.5 Å². The number of ketones is 1. The Hall–Kier alpha value is -1.26. The van der Waals surface area contributed by atoms with Crippen molar-refractivity contribution in [3.63, 3.8) is 0 Å². The van der Waals surface area contributed by atoms with Crippen LogP contribution in [0.3, 0.4) is 0 Å². The third kappa shape index (κ3) is 5.02. The van der Waals surface area contributed by atoms with Gasteiger partial charge in [0.15, 0.2) is 5.78 Å². The summed E-state index contributed by atoms with van der Waals surface area (Å²) in [6, 6.07) is 3.83. The normalized spacial score (nSPS) is 12.7. The first-order chi connectivity index (χ1) is 9.10.